The molecule has 0 saturated heterocycles. The normalized spacial score (nSPS) is 10.4. The second-order valence-corrected chi connectivity index (χ2v) is 6.87. The molecule has 0 spiro atoms. The molecular formula is C21H16BrClO3. The van der Waals surface area contributed by atoms with Gasteiger partial charge in [-0.25, -0.2) is 4.79 Å². The first-order valence-electron chi connectivity index (χ1n) is 8.06. The zero-order valence-electron chi connectivity index (χ0n) is 13.8. The Morgan fingerprint density at radius 2 is 1.65 bits per heavy atom. The summed E-state index contributed by atoms with van der Waals surface area (Å²) in [6.45, 7) is 0.456. The smallest absolute Gasteiger partial charge is 0.347 e. The Morgan fingerprint density at radius 3 is 2.42 bits per heavy atom. The minimum atomic E-state index is -0.519. The SMILES string of the molecule is O=C(Oc1ccccc1Cl)c1cc(Br)ccc1OCCc1ccccc1. The van der Waals surface area contributed by atoms with Crippen LogP contribution in [-0.4, -0.2) is 12.6 Å². The van der Waals surface area contributed by atoms with Gasteiger partial charge >= 0.3 is 5.97 Å². The number of carbonyl (C=O) groups excluding carboxylic acids is 1. The number of carbonyl (C=O) groups is 1. The summed E-state index contributed by atoms with van der Waals surface area (Å²) in [5, 5.41) is 0.377. The zero-order valence-corrected chi connectivity index (χ0v) is 16.2. The van der Waals surface area contributed by atoms with Gasteiger partial charge in [0.05, 0.1) is 11.6 Å². The first kappa shape index (κ1) is 18.5. The Balaban J connectivity index is 1.73. The van der Waals surface area contributed by atoms with E-state index in [0.717, 1.165) is 10.9 Å². The van der Waals surface area contributed by atoms with E-state index in [4.69, 9.17) is 21.1 Å². The molecule has 0 aliphatic carbocycles. The van der Waals surface area contributed by atoms with Gasteiger partial charge in [-0.2, -0.15) is 0 Å². The molecular weight excluding hydrogens is 416 g/mol. The molecule has 26 heavy (non-hydrogen) atoms. The van der Waals surface area contributed by atoms with Crippen LogP contribution in [0.3, 0.4) is 0 Å². The number of rotatable bonds is 6. The molecule has 3 nitrogen and oxygen atoms in total. The highest BCUT2D eigenvalue weighted by Gasteiger charge is 2.17. The summed E-state index contributed by atoms with van der Waals surface area (Å²) in [6, 6.07) is 22.1. The Kier molecular flexibility index (Phi) is 6.31. The van der Waals surface area contributed by atoms with Crippen molar-refractivity contribution in [2.24, 2.45) is 0 Å². The molecule has 0 saturated carbocycles. The number of esters is 1. The summed E-state index contributed by atoms with van der Waals surface area (Å²) < 4.78 is 12.0. The Hall–Kier alpha value is -2.30. The van der Waals surface area contributed by atoms with Crippen LogP contribution < -0.4 is 9.47 Å². The fraction of sp³-hybridized carbons (Fsp3) is 0.0952. The highest BCUT2D eigenvalue weighted by molar-refractivity contribution is 9.10. The van der Waals surface area contributed by atoms with Gasteiger partial charge in [-0.1, -0.05) is 70.0 Å². The van der Waals surface area contributed by atoms with Crippen molar-refractivity contribution < 1.29 is 14.3 Å². The van der Waals surface area contributed by atoms with E-state index < -0.39 is 5.97 Å². The third-order valence-corrected chi connectivity index (χ3v) is 4.50. The van der Waals surface area contributed by atoms with E-state index in [1.807, 2.05) is 36.4 Å². The topological polar surface area (TPSA) is 35.5 Å². The molecule has 0 aliphatic rings. The molecule has 0 aliphatic heterocycles. The van der Waals surface area contributed by atoms with Gasteiger partial charge in [0.15, 0.2) is 0 Å². The largest absolute Gasteiger partial charge is 0.492 e. The molecule has 0 amide bonds. The molecule has 5 heteroatoms. The number of ether oxygens (including phenoxy) is 2. The fourth-order valence-corrected chi connectivity index (χ4v) is 2.93. The quantitative estimate of drug-likeness (QED) is 0.358. The van der Waals surface area contributed by atoms with Crippen molar-refractivity contribution in [1.29, 1.82) is 0 Å². The van der Waals surface area contributed by atoms with Crippen molar-refractivity contribution in [2.75, 3.05) is 6.61 Å². The molecule has 0 heterocycles. The van der Waals surface area contributed by atoms with Gasteiger partial charge in [0.25, 0.3) is 0 Å². The van der Waals surface area contributed by atoms with Crippen LogP contribution in [0.25, 0.3) is 0 Å². The van der Waals surface area contributed by atoms with Crippen molar-refractivity contribution in [3.05, 3.63) is 93.4 Å². The lowest BCUT2D eigenvalue weighted by Crippen LogP contribution is -2.12. The van der Waals surface area contributed by atoms with Crippen LogP contribution in [0.1, 0.15) is 15.9 Å². The molecule has 0 N–H and O–H groups in total. The van der Waals surface area contributed by atoms with E-state index in [0.29, 0.717) is 28.7 Å². The molecule has 0 aromatic heterocycles. The maximum Gasteiger partial charge on any atom is 0.347 e. The molecule has 0 radical (unpaired) electrons. The van der Waals surface area contributed by atoms with E-state index in [9.17, 15) is 4.79 Å². The third kappa shape index (κ3) is 4.87. The minimum Gasteiger partial charge on any atom is -0.492 e. The molecule has 3 aromatic carbocycles. The van der Waals surface area contributed by atoms with Crippen LogP contribution in [0, 0.1) is 0 Å². The van der Waals surface area contributed by atoms with E-state index >= 15 is 0 Å². The fourth-order valence-electron chi connectivity index (χ4n) is 2.39. The Morgan fingerprint density at radius 1 is 0.923 bits per heavy atom. The molecule has 3 rings (SSSR count). The van der Waals surface area contributed by atoms with Crippen LogP contribution in [0.5, 0.6) is 11.5 Å². The molecule has 0 unspecified atom stereocenters. The Labute approximate surface area is 165 Å². The number of para-hydroxylation sites is 1. The van der Waals surface area contributed by atoms with Crippen molar-refractivity contribution >= 4 is 33.5 Å². The van der Waals surface area contributed by atoms with Crippen molar-refractivity contribution in [3.63, 3.8) is 0 Å². The van der Waals surface area contributed by atoms with Crippen molar-refractivity contribution in [3.8, 4) is 11.5 Å². The summed E-state index contributed by atoms with van der Waals surface area (Å²) in [6.07, 6.45) is 0.746. The molecule has 0 fully saturated rings. The van der Waals surface area contributed by atoms with Crippen LogP contribution in [0.4, 0.5) is 0 Å². The lowest BCUT2D eigenvalue weighted by Gasteiger charge is -2.12. The van der Waals surface area contributed by atoms with Crippen LogP contribution in [0.2, 0.25) is 5.02 Å². The summed E-state index contributed by atoms with van der Waals surface area (Å²) in [7, 11) is 0. The first-order valence-corrected chi connectivity index (χ1v) is 9.23. The number of benzene rings is 3. The summed E-state index contributed by atoms with van der Waals surface area (Å²) in [5.41, 5.74) is 1.51. The van der Waals surface area contributed by atoms with E-state index in [1.165, 1.54) is 5.56 Å². The van der Waals surface area contributed by atoms with Crippen LogP contribution in [-0.2, 0) is 6.42 Å². The number of hydrogen-bond donors (Lipinski definition) is 0. The standard InChI is InChI=1S/C21H16BrClO3/c22-16-10-11-19(25-13-12-15-6-2-1-3-7-15)17(14-16)21(24)26-20-9-5-4-8-18(20)23/h1-11,14H,12-13H2. The highest BCUT2D eigenvalue weighted by Crippen LogP contribution is 2.28. The average molecular weight is 432 g/mol. The van der Waals surface area contributed by atoms with Gasteiger partial charge < -0.3 is 9.47 Å². The van der Waals surface area contributed by atoms with Gasteiger partial charge in [-0.15, -0.1) is 0 Å². The predicted octanol–water partition coefficient (Wildman–Crippen LogP) is 5.94. The summed E-state index contributed by atoms with van der Waals surface area (Å²) in [5.74, 6) is 0.268. The van der Waals surface area contributed by atoms with Crippen molar-refractivity contribution in [1.82, 2.24) is 0 Å². The lowest BCUT2D eigenvalue weighted by atomic mass is 10.1. The maximum atomic E-state index is 12.6. The van der Waals surface area contributed by atoms with Crippen molar-refractivity contribution in [2.45, 2.75) is 6.42 Å². The third-order valence-electron chi connectivity index (χ3n) is 3.69. The van der Waals surface area contributed by atoms with Crippen LogP contribution >= 0.6 is 27.5 Å². The van der Waals surface area contributed by atoms with Gasteiger partial charge in [0.2, 0.25) is 0 Å². The number of hydrogen-bond acceptors (Lipinski definition) is 3. The van der Waals surface area contributed by atoms with E-state index in [2.05, 4.69) is 15.9 Å². The zero-order chi connectivity index (χ0) is 18.4. The molecule has 0 bridgehead atoms. The van der Waals surface area contributed by atoms with Gasteiger partial charge in [0.1, 0.15) is 17.1 Å². The predicted molar refractivity (Wildman–Crippen MR) is 106 cm³/mol. The summed E-state index contributed by atoms with van der Waals surface area (Å²) in [4.78, 5) is 12.6. The summed E-state index contributed by atoms with van der Waals surface area (Å²) >= 11 is 9.44. The Bertz CT molecular complexity index is 897. The van der Waals surface area contributed by atoms with Gasteiger partial charge in [-0.05, 0) is 35.9 Å². The molecule has 132 valence electrons. The van der Waals surface area contributed by atoms with E-state index in [1.54, 1.807) is 36.4 Å². The van der Waals surface area contributed by atoms with Crippen LogP contribution in [0.15, 0.2) is 77.3 Å². The first-order chi connectivity index (χ1) is 12.6. The van der Waals surface area contributed by atoms with Gasteiger partial charge in [-0.3, -0.25) is 0 Å². The monoisotopic (exact) mass is 430 g/mol. The second kappa shape index (κ2) is 8.88. The van der Waals surface area contributed by atoms with Gasteiger partial charge in [0, 0.05) is 10.9 Å². The molecule has 3 aromatic rings. The lowest BCUT2D eigenvalue weighted by molar-refractivity contribution is 0.0730. The number of halogens is 2. The van der Waals surface area contributed by atoms with E-state index in [-0.39, 0.29) is 0 Å². The minimum absolute atomic E-state index is 0.314. The maximum absolute atomic E-state index is 12.6. The average Bonchev–Trinajstić information content (AvgIpc) is 2.65. The highest BCUT2D eigenvalue weighted by atomic mass is 79.9. The second-order valence-electron chi connectivity index (χ2n) is 5.54. The molecule has 0 atom stereocenters.